The Labute approximate surface area is 224 Å². The monoisotopic (exact) mass is 504 g/mol. The number of fused-ring (bicyclic) bond motifs is 1. The number of carbonyl (C=O) groups excluding carboxylic acids is 1. The van der Waals surface area contributed by atoms with Crippen LogP contribution in [0.15, 0.2) is 97.2 Å². The van der Waals surface area contributed by atoms with E-state index in [4.69, 9.17) is 0 Å². The van der Waals surface area contributed by atoms with E-state index in [1.165, 1.54) is 16.5 Å². The van der Waals surface area contributed by atoms with Gasteiger partial charge in [-0.1, -0.05) is 72.3 Å². The zero-order valence-corrected chi connectivity index (χ0v) is 22.3. The Morgan fingerprint density at radius 2 is 1.71 bits per heavy atom. The van der Waals surface area contributed by atoms with Crippen LogP contribution in [0.4, 0.5) is 5.82 Å². The largest absolute Gasteiger partial charge is 0.336 e. The fraction of sp³-hybridized carbons (Fsp3) is 0.250. The van der Waals surface area contributed by atoms with Crippen LogP contribution in [0.5, 0.6) is 0 Å². The maximum atomic E-state index is 14.1. The van der Waals surface area contributed by atoms with Crippen LogP contribution in [0.2, 0.25) is 0 Å². The van der Waals surface area contributed by atoms with Crippen LogP contribution < -0.4 is 4.48 Å². The highest BCUT2D eigenvalue weighted by molar-refractivity contribution is 6.14. The van der Waals surface area contributed by atoms with Crippen molar-refractivity contribution in [2.75, 3.05) is 40.3 Å². The number of piperazine rings is 1. The SMILES string of the molecule is Cc1cccc(Cn2cncc2[N+]2(C)C=C(C(=O)N3CCN(C)CC3)C(c3cccc4ccccc34)=C2)c1. The van der Waals surface area contributed by atoms with Gasteiger partial charge in [-0.15, -0.1) is 0 Å². The normalized spacial score (nSPS) is 20.0. The van der Waals surface area contributed by atoms with Crippen molar-refractivity contribution in [3.05, 3.63) is 114 Å². The van der Waals surface area contributed by atoms with Crippen LogP contribution in [-0.2, 0) is 11.3 Å². The first-order chi connectivity index (χ1) is 18.4. The van der Waals surface area contributed by atoms with E-state index >= 15 is 0 Å². The molecule has 2 aliphatic rings. The third kappa shape index (κ3) is 4.46. The Morgan fingerprint density at radius 1 is 0.947 bits per heavy atom. The molecule has 192 valence electrons. The van der Waals surface area contributed by atoms with Crippen molar-refractivity contribution in [2.45, 2.75) is 13.5 Å². The van der Waals surface area contributed by atoms with Gasteiger partial charge in [0.25, 0.3) is 5.91 Å². The molecule has 3 heterocycles. The number of amides is 1. The molecule has 1 atom stereocenters. The smallest absolute Gasteiger partial charge is 0.260 e. The van der Waals surface area contributed by atoms with Gasteiger partial charge in [0.2, 0.25) is 5.82 Å². The molecule has 0 saturated carbocycles. The van der Waals surface area contributed by atoms with Gasteiger partial charge in [0.1, 0.15) is 24.2 Å². The van der Waals surface area contributed by atoms with Gasteiger partial charge in [0.15, 0.2) is 0 Å². The third-order valence-corrected chi connectivity index (χ3v) is 7.80. The molecule has 0 radical (unpaired) electrons. The van der Waals surface area contributed by atoms with Gasteiger partial charge >= 0.3 is 0 Å². The molecule has 0 aliphatic carbocycles. The standard InChI is InChI=1S/C32H34N5O/c1-24-8-6-9-25(18-24)20-36-23-33-19-31(36)37(3)21-29(28-13-7-11-26-10-4-5-12-27(26)28)30(22-37)32(38)35-16-14-34(2)15-17-35/h4-13,18-19,21-23H,14-17,20H2,1-3H3/q+1. The number of aromatic nitrogens is 2. The number of quaternary nitrogens is 1. The van der Waals surface area contributed by atoms with Gasteiger partial charge in [-0.25, -0.2) is 9.47 Å². The summed E-state index contributed by atoms with van der Waals surface area (Å²) in [4.78, 5) is 22.9. The van der Waals surface area contributed by atoms with Gasteiger partial charge in [0.05, 0.1) is 25.5 Å². The molecule has 3 aromatic carbocycles. The first kappa shape index (κ1) is 24.3. The van der Waals surface area contributed by atoms with Crippen molar-refractivity contribution in [3.63, 3.8) is 0 Å². The first-order valence-electron chi connectivity index (χ1n) is 13.3. The van der Waals surface area contributed by atoms with Crippen molar-refractivity contribution in [2.24, 2.45) is 0 Å². The van der Waals surface area contributed by atoms with Crippen LogP contribution in [0.1, 0.15) is 16.7 Å². The Hall–Kier alpha value is -4.00. The van der Waals surface area contributed by atoms with Crippen LogP contribution >= 0.6 is 0 Å². The summed E-state index contributed by atoms with van der Waals surface area (Å²) >= 11 is 0. The second-order valence-corrected chi connectivity index (χ2v) is 10.7. The van der Waals surface area contributed by atoms with E-state index in [1.54, 1.807) is 0 Å². The molecule has 1 saturated heterocycles. The number of carbonyl (C=O) groups is 1. The molecule has 6 heteroatoms. The molecule has 2 aliphatic heterocycles. The summed E-state index contributed by atoms with van der Waals surface area (Å²) < 4.78 is 2.56. The fourth-order valence-electron chi connectivity index (χ4n) is 5.71. The lowest BCUT2D eigenvalue weighted by Crippen LogP contribution is -2.47. The van der Waals surface area contributed by atoms with E-state index in [2.05, 4.69) is 115 Å². The van der Waals surface area contributed by atoms with Crippen molar-refractivity contribution in [1.82, 2.24) is 23.8 Å². The number of benzene rings is 3. The molecule has 1 unspecified atom stereocenters. The molecular formula is C32H34N5O+. The van der Waals surface area contributed by atoms with Crippen molar-refractivity contribution in [3.8, 4) is 0 Å². The maximum Gasteiger partial charge on any atom is 0.260 e. The Balaban J connectivity index is 1.45. The molecule has 0 spiro atoms. The Bertz CT molecular complexity index is 1570. The number of aryl methyl sites for hydroxylation is 1. The fourth-order valence-corrected chi connectivity index (χ4v) is 5.71. The minimum absolute atomic E-state index is 0.101. The molecule has 4 aromatic rings. The highest BCUT2D eigenvalue weighted by atomic mass is 16.2. The summed E-state index contributed by atoms with van der Waals surface area (Å²) in [6, 6.07) is 23.3. The lowest BCUT2D eigenvalue weighted by molar-refractivity contribution is -0.128. The third-order valence-electron chi connectivity index (χ3n) is 7.80. The molecule has 1 fully saturated rings. The molecule has 6 rings (SSSR count). The average Bonchev–Trinajstić information content (AvgIpc) is 3.54. The number of imidazole rings is 1. The molecule has 0 N–H and O–H groups in total. The van der Waals surface area contributed by atoms with Crippen LogP contribution in [0, 0.1) is 6.92 Å². The van der Waals surface area contributed by atoms with Gasteiger partial charge in [0, 0.05) is 26.2 Å². The van der Waals surface area contributed by atoms with Crippen molar-refractivity contribution >= 4 is 28.1 Å². The summed E-state index contributed by atoms with van der Waals surface area (Å²) in [7, 11) is 4.25. The number of hydrogen-bond donors (Lipinski definition) is 0. The summed E-state index contributed by atoms with van der Waals surface area (Å²) in [5.74, 6) is 1.12. The zero-order chi connectivity index (χ0) is 26.3. The summed E-state index contributed by atoms with van der Waals surface area (Å²) in [6.07, 6.45) is 8.14. The van der Waals surface area contributed by atoms with Gasteiger partial charge in [-0.2, -0.15) is 0 Å². The molecule has 0 bridgehead atoms. The van der Waals surface area contributed by atoms with Crippen LogP contribution in [0.3, 0.4) is 0 Å². The zero-order valence-electron chi connectivity index (χ0n) is 22.3. The minimum Gasteiger partial charge on any atom is -0.336 e. The van der Waals surface area contributed by atoms with E-state index in [1.807, 2.05) is 17.4 Å². The lowest BCUT2D eigenvalue weighted by Gasteiger charge is -2.32. The second-order valence-electron chi connectivity index (χ2n) is 10.7. The predicted octanol–water partition coefficient (Wildman–Crippen LogP) is 5.04. The molecule has 1 aromatic heterocycles. The molecule has 38 heavy (non-hydrogen) atoms. The topological polar surface area (TPSA) is 41.4 Å². The van der Waals surface area contributed by atoms with Crippen LogP contribution in [0.25, 0.3) is 16.3 Å². The second kappa shape index (κ2) is 9.71. The van der Waals surface area contributed by atoms with E-state index in [0.717, 1.165) is 60.6 Å². The summed E-state index contributed by atoms with van der Waals surface area (Å²) in [5, 5.41) is 2.32. The maximum absolute atomic E-state index is 14.1. The molecule has 6 nitrogen and oxygen atoms in total. The number of hydrogen-bond acceptors (Lipinski definition) is 3. The predicted molar refractivity (Wildman–Crippen MR) is 154 cm³/mol. The summed E-state index contributed by atoms with van der Waals surface area (Å²) in [6.45, 7) is 6.10. The Morgan fingerprint density at radius 3 is 2.53 bits per heavy atom. The highest BCUT2D eigenvalue weighted by Gasteiger charge is 2.39. The van der Waals surface area contributed by atoms with Gasteiger partial charge in [-0.05, 0) is 35.9 Å². The minimum atomic E-state index is 0.101. The van der Waals surface area contributed by atoms with Crippen LogP contribution in [-0.4, -0.2) is 65.5 Å². The van der Waals surface area contributed by atoms with E-state index in [-0.39, 0.29) is 5.91 Å². The average molecular weight is 505 g/mol. The summed E-state index contributed by atoms with van der Waals surface area (Å²) in [5.41, 5.74) is 5.30. The Kier molecular flexibility index (Phi) is 6.22. The highest BCUT2D eigenvalue weighted by Crippen LogP contribution is 2.40. The molecule has 1 amide bonds. The first-order valence-corrected chi connectivity index (χ1v) is 13.3. The number of likely N-dealkylation sites (N-methyl/N-ethyl adjacent to an activating group) is 1. The van der Waals surface area contributed by atoms with Crippen molar-refractivity contribution in [1.29, 1.82) is 0 Å². The number of rotatable bonds is 5. The van der Waals surface area contributed by atoms with E-state index in [9.17, 15) is 4.79 Å². The van der Waals surface area contributed by atoms with E-state index in [0.29, 0.717) is 4.48 Å². The van der Waals surface area contributed by atoms with Gasteiger partial charge < -0.3 is 9.80 Å². The molecular weight excluding hydrogens is 470 g/mol. The lowest BCUT2D eigenvalue weighted by atomic mass is 9.94. The van der Waals surface area contributed by atoms with Gasteiger partial charge in [-0.3, -0.25) is 9.36 Å². The number of nitrogens with zero attached hydrogens (tertiary/aromatic N) is 5. The quantitative estimate of drug-likeness (QED) is 0.358. The van der Waals surface area contributed by atoms with E-state index < -0.39 is 0 Å². The van der Waals surface area contributed by atoms with Crippen molar-refractivity contribution < 1.29 is 4.79 Å².